The van der Waals surface area contributed by atoms with E-state index in [9.17, 15) is 13.2 Å². The summed E-state index contributed by atoms with van der Waals surface area (Å²) in [4.78, 5) is 7.12. The molecule has 1 atom stereocenters. The summed E-state index contributed by atoms with van der Waals surface area (Å²) in [5.74, 6) is 0.578. The first-order valence-corrected chi connectivity index (χ1v) is 5.99. The van der Waals surface area contributed by atoms with Crippen LogP contribution in [0.5, 0.6) is 5.75 Å². The molecule has 0 aliphatic heterocycles. The van der Waals surface area contributed by atoms with Gasteiger partial charge in [0.2, 0.25) is 0 Å². The zero-order chi connectivity index (χ0) is 14.6. The van der Waals surface area contributed by atoms with Crippen LogP contribution in [0.4, 0.5) is 13.2 Å². The van der Waals surface area contributed by atoms with Gasteiger partial charge in [-0.15, -0.1) is 13.2 Å². The van der Waals surface area contributed by atoms with Crippen LogP contribution in [-0.2, 0) is 6.42 Å². The van der Waals surface area contributed by atoms with Gasteiger partial charge in [0.1, 0.15) is 11.6 Å². The summed E-state index contributed by atoms with van der Waals surface area (Å²) < 4.78 is 40.1. The largest absolute Gasteiger partial charge is 0.573 e. The quantitative estimate of drug-likeness (QED) is 0.888. The Morgan fingerprint density at radius 3 is 2.50 bits per heavy atom. The van der Waals surface area contributed by atoms with Crippen LogP contribution in [-0.4, -0.2) is 23.4 Å². The number of nitrogens with one attached hydrogen (secondary N) is 2. The third kappa shape index (κ3) is 3.99. The molecule has 108 valence electrons. The van der Waals surface area contributed by atoms with Crippen molar-refractivity contribution >= 4 is 0 Å². The molecule has 1 aromatic carbocycles. The van der Waals surface area contributed by atoms with E-state index in [2.05, 4.69) is 20.0 Å². The predicted octanol–water partition coefficient (Wildman–Crippen LogP) is 2.81. The lowest BCUT2D eigenvalue weighted by molar-refractivity contribution is -0.274. The number of benzene rings is 1. The van der Waals surface area contributed by atoms with Gasteiger partial charge in [-0.05, 0) is 24.7 Å². The minimum Gasteiger partial charge on any atom is -0.406 e. The van der Waals surface area contributed by atoms with Gasteiger partial charge < -0.3 is 15.0 Å². The molecular formula is C13H14F3N3O. The van der Waals surface area contributed by atoms with Gasteiger partial charge in [0.15, 0.2) is 0 Å². The van der Waals surface area contributed by atoms with E-state index in [1.165, 1.54) is 12.1 Å². The summed E-state index contributed by atoms with van der Waals surface area (Å²) in [6.07, 6.45) is -0.675. The monoisotopic (exact) mass is 285 g/mol. The van der Waals surface area contributed by atoms with Crippen LogP contribution in [0.3, 0.4) is 0 Å². The number of hydrogen-bond acceptors (Lipinski definition) is 3. The maximum absolute atomic E-state index is 12.1. The van der Waals surface area contributed by atoms with Crippen LogP contribution in [0.25, 0.3) is 0 Å². The summed E-state index contributed by atoms with van der Waals surface area (Å²) in [5, 5.41) is 3.10. The van der Waals surface area contributed by atoms with Crippen LogP contribution >= 0.6 is 0 Å². The molecule has 0 radical (unpaired) electrons. The van der Waals surface area contributed by atoms with E-state index < -0.39 is 6.36 Å². The van der Waals surface area contributed by atoms with Gasteiger partial charge >= 0.3 is 6.36 Å². The zero-order valence-electron chi connectivity index (χ0n) is 10.7. The highest BCUT2D eigenvalue weighted by molar-refractivity contribution is 5.29. The molecule has 7 heteroatoms. The van der Waals surface area contributed by atoms with E-state index in [4.69, 9.17) is 0 Å². The maximum Gasteiger partial charge on any atom is 0.573 e. The van der Waals surface area contributed by atoms with Crippen LogP contribution in [0.15, 0.2) is 36.7 Å². The third-order valence-electron chi connectivity index (χ3n) is 2.82. The number of ether oxygens (including phenoxy) is 1. The predicted molar refractivity (Wildman–Crippen MR) is 67.2 cm³/mol. The second-order valence-electron chi connectivity index (χ2n) is 4.20. The number of likely N-dealkylation sites (N-methyl/N-ethyl adjacent to an activating group) is 1. The summed E-state index contributed by atoms with van der Waals surface area (Å²) in [6.45, 7) is 0. The first-order chi connectivity index (χ1) is 9.48. The Kier molecular flexibility index (Phi) is 4.29. The highest BCUT2D eigenvalue weighted by atomic mass is 19.4. The molecule has 2 N–H and O–H groups in total. The fourth-order valence-corrected chi connectivity index (χ4v) is 1.89. The molecule has 0 aliphatic rings. The highest BCUT2D eigenvalue weighted by Crippen LogP contribution is 2.25. The minimum absolute atomic E-state index is 0.0407. The number of aromatic nitrogens is 2. The van der Waals surface area contributed by atoms with Gasteiger partial charge in [0, 0.05) is 24.9 Å². The molecule has 2 aromatic rings. The van der Waals surface area contributed by atoms with Crippen molar-refractivity contribution in [2.24, 2.45) is 0 Å². The molecule has 0 aliphatic carbocycles. The lowest BCUT2D eigenvalue weighted by atomic mass is 10.0. The van der Waals surface area contributed by atoms with Crippen molar-refractivity contribution in [3.05, 3.63) is 48.0 Å². The molecule has 2 rings (SSSR count). The number of aromatic amines is 1. The summed E-state index contributed by atoms with van der Waals surface area (Å²) in [6, 6.07) is 5.77. The lowest BCUT2D eigenvalue weighted by Crippen LogP contribution is -2.20. The van der Waals surface area contributed by atoms with E-state index in [-0.39, 0.29) is 11.8 Å². The number of rotatable bonds is 5. The first kappa shape index (κ1) is 14.4. The summed E-state index contributed by atoms with van der Waals surface area (Å²) in [7, 11) is 1.79. The van der Waals surface area contributed by atoms with E-state index in [0.717, 1.165) is 11.4 Å². The molecule has 1 heterocycles. The number of halogens is 3. The molecule has 0 saturated heterocycles. The Morgan fingerprint density at radius 1 is 1.30 bits per heavy atom. The Balaban J connectivity index is 2.07. The normalized spacial score (nSPS) is 13.2. The van der Waals surface area contributed by atoms with E-state index in [1.54, 1.807) is 31.6 Å². The van der Waals surface area contributed by atoms with Crippen LogP contribution < -0.4 is 10.1 Å². The van der Waals surface area contributed by atoms with Gasteiger partial charge in [0.05, 0.1) is 0 Å². The van der Waals surface area contributed by atoms with Crippen molar-refractivity contribution in [3.8, 4) is 5.75 Å². The molecule has 1 aromatic heterocycles. The van der Waals surface area contributed by atoms with Gasteiger partial charge in [-0.2, -0.15) is 0 Å². The molecule has 1 unspecified atom stereocenters. The number of alkyl halides is 3. The Morgan fingerprint density at radius 2 is 2.00 bits per heavy atom. The van der Waals surface area contributed by atoms with Gasteiger partial charge in [-0.25, -0.2) is 4.98 Å². The molecule has 0 saturated carbocycles. The van der Waals surface area contributed by atoms with Crippen molar-refractivity contribution in [1.82, 2.24) is 15.3 Å². The zero-order valence-corrected chi connectivity index (χ0v) is 10.7. The smallest absolute Gasteiger partial charge is 0.406 e. The van der Waals surface area contributed by atoms with E-state index in [1.807, 2.05) is 0 Å². The summed E-state index contributed by atoms with van der Waals surface area (Å²) >= 11 is 0. The Labute approximate surface area is 114 Å². The van der Waals surface area contributed by atoms with E-state index in [0.29, 0.717) is 6.42 Å². The molecule has 0 fully saturated rings. The van der Waals surface area contributed by atoms with Crippen molar-refractivity contribution in [3.63, 3.8) is 0 Å². The number of imidazole rings is 1. The molecule has 20 heavy (non-hydrogen) atoms. The second-order valence-corrected chi connectivity index (χ2v) is 4.20. The van der Waals surface area contributed by atoms with Crippen LogP contribution in [0.1, 0.15) is 17.4 Å². The number of nitrogens with zero attached hydrogens (tertiary/aromatic N) is 1. The fourth-order valence-electron chi connectivity index (χ4n) is 1.89. The average molecular weight is 285 g/mol. The number of hydrogen-bond donors (Lipinski definition) is 2. The standard InChI is InChI=1S/C13H14F3N3O/c1-17-11(8-12-18-6-7-19-12)9-2-4-10(5-3-9)20-13(14,15)16/h2-7,11,17H,8H2,1H3,(H,18,19). The van der Waals surface area contributed by atoms with Crippen molar-refractivity contribution in [2.75, 3.05) is 7.05 Å². The molecule has 0 amide bonds. The van der Waals surface area contributed by atoms with Gasteiger partial charge in [-0.3, -0.25) is 0 Å². The first-order valence-electron chi connectivity index (χ1n) is 5.99. The molecule has 4 nitrogen and oxygen atoms in total. The highest BCUT2D eigenvalue weighted by Gasteiger charge is 2.31. The third-order valence-corrected chi connectivity index (χ3v) is 2.82. The van der Waals surface area contributed by atoms with Gasteiger partial charge in [-0.1, -0.05) is 12.1 Å². The van der Waals surface area contributed by atoms with Gasteiger partial charge in [0.25, 0.3) is 0 Å². The van der Waals surface area contributed by atoms with Crippen molar-refractivity contribution in [1.29, 1.82) is 0 Å². The fraction of sp³-hybridized carbons (Fsp3) is 0.308. The van der Waals surface area contributed by atoms with Crippen molar-refractivity contribution in [2.45, 2.75) is 18.8 Å². The molecule has 0 bridgehead atoms. The maximum atomic E-state index is 12.1. The average Bonchev–Trinajstić information content (AvgIpc) is 2.88. The Bertz CT molecular complexity index is 523. The van der Waals surface area contributed by atoms with E-state index >= 15 is 0 Å². The minimum atomic E-state index is -4.67. The lowest BCUT2D eigenvalue weighted by Gasteiger charge is -2.16. The number of H-pyrrole nitrogens is 1. The van der Waals surface area contributed by atoms with Crippen LogP contribution in [0.2, 0.25) is 0 Å². The summed E-state index contributed by atoms with van der Waals surface area (Å²) in [5.41, 5.74) is 0.860. The molecular weight excluding hydrogens is 271 g/mol. The SMILES string of the molecule is CNC(Cc1ncc[nH]1)c1ccc(OC(F)(F)F)cc1. The molecule has 0 spiro atoms. The Hall–Kier alpha value is -2.02. The van der Waals surface area contributed by atoms with Crippen molar-refractivity contribution < 1.29 is 17.9 Å². The van der Waals surface area contributed by atoms with Crippen LogP contribution in [0, 0.1) is 0 Å². The topological polar surface area (TPSA) is 49.9 Å². The second kappa shape index (κ2) is 5.96.